The number of aliphatic hydroxyl groups is 1. The Morgan fingerprint density at radius 1 is 0.772 bits per heavy atom. The van der Waals surface area contributed by atoms with Crippen molar-refractivity contribution in [1.82, 2.24) is 15.1 Å². The van der Waals surface area contributed by atoms with Crippen molar-refractivity contribution in [2.24, 2.45) is 11.8 Å². The Hall–Kier alpha value is -4.67. The SMILES string of the molecule is CC1C(CN2C(C(=O)NC(C)(C)C)CCC3CCCCC32)OC(c2cccc(-c3cccc(CN4C(=O)c5ccccc5C4=O)c3)c2)OC1c1ccc(CO)cc1. The number of likely N-dealkylation sites (tertiary alicyclic amines) is 1. The van der Waals surface area contributed by atoms with E-state index in [1.165, 1.54) is 24.2 Å². The highest BCUT2D eigenvalue weighted by Crippen LogP contribution is 2.45. The smallest absolute Gasteiger partial charge is 0.261 e. The molecule has 3 fully saturated rings. The first-order chi connectivity index (χ1) is 27.5. The third-order valence-corrected chi connectivity index (χ3v) is 12.5. The van der Waals surface area contributed by atoms with Crippen LogP contribution < -0.4 is 5.32 Å². The van der Waals surface area contributed by atoms with Crippen LogP contribution in [-0.4, -0.2) is 62.9 Å². The summed E-state index contributed by atoms with van der Waals surface area (Å²) in [6, 6.07) is 31.2. The molecule has 2 saturated heterocycles. The predicted molar refractivity (Wildman–Crippen MR) is 219 cm³/mol. The summed E-state index contributed by atoms with van der Waals surface area (Å²) in [4.78, 5) is 44.0. The van der Waals surface area contributed by atoms with Gasteiger partial charge in [0.25, 0.3) is 11.8 Å². The fourth-order valence-corrected chi connectivity index (χ4v) is 9.54. The number of nitrogens with zero attached hydrogens (tertiary/aromatic N) is 2. The molecule has 7 unspecified atom stereocenters. The number of ether oxygens (including phenoxy) is 2. The largest absolute Gasteiger partial charge is 0.392 e. The lowest BCUT2D eigenvalue weighted by atomic mass is 9.75. The molecule has 0 bridgehead atoms. The molecule has 2 N–H and O–H groups in total. The van der Waals surface area contributed by atoms with E-state index in [4.69, 9.17) is 9.47 Å². The van der Waals surface area contributed by atoms with Crippen molar-refractivity contribution in [1.29, 1.82) is 0 Å². The summed E-state index contributed by atoms with van der Waals surface area (Å²) in [5.74, 6) is 0.0948. The molecule has 1 aliphatic carbocycles. The summed E-state index contributed by atoms with van der Waals surface area (Å²) < 4.78 is 13.9. The van der Waals surface area contributed by atoms with Crippen molar-refractivity contribution in [3.05, 3.63) is 130 Å². The van der Waals surface area contributed by atoms with Gasteiger partial charge in [0.1, 0.15) is 0 Å². The minimum absolute atomic E-state index is 0.0291. The Bertz CT molecular complexity index is 2070. The Morgan fingerprint density at radius 3 is 2.16 bits per heavy atom. The average molecular weight is 770 g/mol. The van der Waals surface area contributed by atoms with Gasteiger partial charge in [-0.05, 0) is 104 Å². The number of nitrogens with one attached hydrogen (secondary N) is 1. The van der Waals surface area contributed by atoms with E-state index in [0.29, 0.717) is 29.6 Å². The fourth-order valence-electron chi connectivity index (χ4n) is 9.54. The van der Waals surface area contributed by atoms with Crippen LogP contribution in [0.3, 0.4) is 0 Å². The quantitative estimate of drug-likeness (QED) is 0.165. The molecule has 3 aliphatic heterocycles. The van der Waals surface area contributed by atoms with Crippen molar-refractivity contribution in [2.75, 3.05) is 6.54 Å². The highest BCUT2D eigenvalue weighted by atomic mass is 16.7. The highest BCUT2D eigenvalue weighted by molar-refractivity contribution is 6.21. The van der Waals surface area contributed by atoms with Gasteiger partial charge in [0.2, 0.25) is 5.91 Å². The number of hydrogen-bond acceptors (Lipinski definition) is 7. The zero-order chi connectivity index (χ0) is 39.8. The van der Waals surface area contributed by atoms with Crippen LogP contribution in [-0.2, 0) is 27.4 Å². The second kappa shape index (κ2) is 16.3. The van der Waals surface area contributed by atoms with Gasteiger partial charge in [-0.25, -0.2) is 0 Å². The van der Waals surface area contributed by atoms with Crippen molar-refractivity contribution < 1.29 is 29.0 Å². The number of benzene rings is 4. The molecule has 3 heterocycles. The van der Waals surface area contributed by atoms with E-state index in [-0.39, 0.29) is 60.6 Å². The van der Waals surface area contributed by atoms with E-state index >= 15 is 0 Å². The highest BCUT2D eigenvalue weighted by Gasteiger charge is 2.46. The summed E-state index contributed by atoms with van der Waals surface area (Å²) in [6.45, 7) is 9.09. The lowest BCUT2D eigenvalue weighted by Crippen LogP contribution is -2.61. The first-order valence-electron chi connectivity index (χ1n) is 20.7. The van der Waals surface area contributed by atoms with Gasteiger partial charge in [-0.15, -0.1) is 0 Å². The lowest BCUT2D eigenvalue weighted by molar-refractivity contribution is -0.278. The molecule has 0 radical (unpaired) electrons. The maximum atomic E-state index is 14.0. The van der Waals surface area contributed by atoms with E-state index in [2.05, 4.69) is 23.2 Å². The third-order valence-electron chi connectivity index (χ3n) is 12.5. The minimum atomic E-state index is -0.677. The Morgan fingerprint density at radius 2 is 1.46 bits per heavy atom. The van der Waals surface area contributed by atoms with E-state index in [1.54, 1.807) is 24.3 Å². The number of rotatable bonds is 9. The molecule has 57 heavy (non-hydrogen) atoms. The Labute approximate surface area is 336 Å². The van der Waals surface area contributed by atoms with Crippen LogP contribution in [0.5, 0.6) is 0 Å². The molecular weight excluding hydrogens is 715 g/mol. The van der Waals surface area contributed by atoms with Crippen LogP contribution in [0.1, 0.15) is 122 Å². The van der Waals surface area contributed by atoms with Gasteiger partial charge in [-0.1, -0.05) is 92.6 Å². The summed E-state index contributed by atoms with van der Waals surface area (Å²) in [5.41, 5.74) is 6.06. The lowest BCUT2D eigenvalue weighted by Gasteiger charge is -2.51. The summed E-state index contributed by atoms with van der Waals surface area (Å²) >= 11 is 0. The number of carbonyl (C=O) groups is 3. The van der Waals surface area contributed by atoms with Gasteiger partial charge in [0.05, 0.1) is 42.5 Å². The number of piperidine rings is 1. The van der Waals surface area contributed by atoms with E-state index < -0.39 is 6.29 Å². The number of fused-ring (bicyclic) bond motifs is 2. The third kappa shape index (κ3) is 8.21. The second-order valence-corrected chi connectivity index (χ2v) is 17.5. The van der Waals surface area contributed by atoms with Crippen molar-refractivity contribution in [3.8, 4) is 11.1 Å². The van der Waals surface area contributed by atoms with Gasteiger partial charge < -0.3 is 19.9 Å². The zero-order valence-corrected chi connectivity index (χ0v) is 33.5. The number of carbonyl (C=O) groups excluding carboxylic acids is 3. The molecule has 1 saturated carbocycles. The maximum absolute atomic E-state index is 14.0. The standard InChI is InChI=1S/C48H55N3O6/c1-30-42(28-50-40-18-8-5-12-33(40)23-24-41(50)44(53)49-48(2,3)4)56-47(57-43(30)34-21-19-31(29-52)20-22-34)37-15-10-14-36(26-37)35-13-9-11-32(25-35)27-51-45(54)38-16-6-7-17-39(38)46(51)55/h6-7,9-11,13-17,19-22,25-26,30,33,40-43,47,52H,5,8,12,18,23-24,27-29H2,1-4H3,(H,49,53). The van der Waals surface area contributed by atoms with Crippen molar-refractivity contribution in [3.63, 3.8) is 0 Å². The molecule has 3 amide bonds. The monoisotopic (exact) mass is 769 g/mol. The fraction of sp³-hybridized carbons (Fsp3) is 0.438. The van der Waals surface area contributed by atoms with Crippen molar-refractivity contribution >= 4 is 17.7 Å². The Balaban J connectivity index is 1.08. The first kappa shape index (κ1) is 39.2. The number of amides is 3. The maximum Gasteiger partial charge on any atom is 0.261 e. The molecule has 8 rings (SSSR count). The number of aliphatic hydroxyl groups excluding tert-OH is 1. The van der Waals surface area contributed by atoms with Gasteiger partial charge in [0.15, 0.2) is 6.29 Å². The second-order valence-electron chi connectivity index (χ2n) is 17.5. The van der Waals surface area contributed by atoms with Gasteiger partial charge in [-0.3, -0.25) is 24.2 Å². The van der Waals surface area contributed by atoms with Gasteiger partial charge in [-0.2, -0.15) is 0 Å². The molecule has 9 heteroatoms. The summed E-state index contributed by atoms with van der Waals surface area (Å²) in [5, 5.41) is 13.1. The van der Waals surface area contributed by atoms with Crippen LogP contribution in [0, 0.1) is 11.8 Å². The van der Waals surface area contributed by atoms with Crippen LogP contribution in [0.25, 0.3) is 11.1 Å². The number of imide groups is 1. The topological polar surface area (TPSA) is 108 Å². The van der Waals surface area contributed by atoms with Crippen LogP contribution in [0.15, 0.2) is 97.1 Å². The molecule has 7 atom stereocenters. The summed E-state index contributed by atoms with van der Waals surface area (Å²) in [6.07, 6.45) is 5.42. The molecule has 4 aromatic carbocycles. The molecule has 4 aliphatic rings. The minimum Gasteiger partial charge on any atom is -0.392 e. The first-order valence-corrected chi connectivity index (χ1v) is 20.7. The number of hydrogen-bond donors (Lipinski definition) is 2. The summed E-state index contributed by atoms with van der Waals surface area (Å²) in [7, 11) is 0. The normalized spacial score (nSPS) is 26.5. The van der Waals surface area contributed by atoms with Gasteiger partial charge in [0, 0.05) is 29.6 Å². The molecule has 4 aromatic rings. The molecule has 0 spiro atoms. The molecule has 298 valence electrons. The molecule has 0 aromatic heterocycles. The van der Waals surface area contributed by atoms with Crippen molar-refractivity contribution in [2.45, 2.75) is 115 Å². The zero-order valence-electron chi connectivity index (χ0n) is 33.5. The predicted octanol–water partition coefficient (Wildman–Crippen LogP) is 8.37. The van der Waals surface area contributed by atoms with E-state index in [0.717, 1.165) is 52.6 Å². The van der Waals surface area contributed by atoms with E-state index in [9.17, 15) is 19.5 Å². The van der Waals surface area contributed by atoms with Crippen LogP contribution in [0.4, 0.5) is 0 Å². The van der Waals surface area contributed by atoms with Crippen LogP contribution >= 0.6 is 0 Å². The molecule has 9 nitrogen and oxygen atoms in total. The van der Waals surface area contributed by atoms with E-state index in [1.807, 2.05) is 87.5 Å². The van der Waals surface area contributed by atoms with Crippen LogP contribution in [0.2, 0.25) is 0 Å². The molecular formula is C48H55N3O6. The average Bonchev–Trinajstić information content (AvgIpc) is 3.45. The Kier molecular flexibility index (Phi) is 11.2. The van der Waals surface area contributed by atoms with Gasteiger partial charge >= 0.3 is 0 Å².